The monoisotopic (exact) mass is 311 g/mol. The summed E-state index contributed by atoms with van der Waals surface area (Å²) in [6, 6.07) is 0.194. The summed E-state index contributed by atoms with van der Waals surface area (Å²) >= 11 is 0. The van der Waals surface area contributed by atoms with E-state index in [2.05, 4.69) is 14.9 Å². The summed E-state index contributed by atoms with van der Waals surface area (Å²) in [5, 5.41) is 13.3. The van der Waals surface area contributed by atoms with Crippen molar-refractivity contribution in [3.05, 3.63) is 18.0 Å². The van der Waals surface area contributed by atoms with Crippen molar-refractivity contribution in [2.75, 3.05) is 0 Å². The van der Waals surface area contributed by atoms with Crippen LogP contribution in [0.1, 0.15) is 31.4 Å². The van der Waals surface area contributed by atoms with E-state index in [-0.39, 0.29) is 16.5 Å². The van der Waals surface area contributed by atoms with Gasteiger partial charge in [0.1, 0.15) is 10.9 Å². The number of pyridine rings is 1. The molecular weight excluding hydrogens is 298 g/mol. The summed E-state index contributed by atoms with van der Waals surface area (Å²) in [4.78, 5) is 14.6. The zero-order valence-corrected chi connectivity index (χ0v) is 11.9. The number of carbonyl (C=O) groups is 1. The number of sulfonamides is 1. The first-order valence-electron chi connectivity index (χ1n) is 6.39. The van der Waals surface area contributed by atoms with E-state index in [4.69, 9.17) is 9.63 Å². The van der Waals surface area contributed by atoms with Crippen molar-refractivity contribution in [1.29, 1.82) is 0 Å². The molecule has 0 aliphatic heterocycles. The molecule has 21 heavy (non-hydrogen) atoms. The second-order valence-electron chi connectivity index (χ2n) is 5.05. The first-order chi connectivity index (χ1) is 9.88. The van der Waals surface area contributed by atoms with Crippen molar-refractivity contribution in [1.82, 2.24) is 14.9 Å². The van der Waals surface area contributed by atoms with E-state index in [0.29, 0.717) is 11.1 Å². The Kier molecular flexibility index (Phi) is 3.18. The maximum absolute atomic E-state index is 12.1. The normalized spacial score (nSPS) is 17.0. The molecule has 0 spiro atoms. The molecule has 0 saturated heterocycles. The van der Waals surface area contributed by atoms with Gasteiger partial charge in [0, 0.05) is 5.92 Å². The van der Waals surface area contributed by atoms with Crippen LogP contribution in [0.4, 0.5) is 0 Å². The average Bonchev–Trinajstić information content (AvgIpc) is 3.17. The van der Waals surface area contributed by atoms with Crippen molar-refractivity contribution in [3.63, 3.8) is 0 Å². The van der Waals surface area contributed by atoms with Gasteiger partial charge in [0.15, 0.2) is 0 Å². The zero-order chi connectivity index (χ0) is 15.2. The standard InChI is InChI=1S/C12H13N3O5S/c1-6(12(16)17)15-21(18,19)8-4-9-10(7-2-3-7)14-20-11(9)13-5-8/h4-7,15H,2-3H2,1H3,(H,16,17). The second-order valence-corrected chi connectivity index (χ2v) is 6.76. The summed E-state index contributed by atoms with van der Waals surface area (Å²) in [5.74, 6) is -0.965. The molecule has 2 aromatic heterocycles. The zero-order valence-electron chi connectivity index (χ0n) is 11.1. The second kappa shape index (κ2) is 4.78. The Morgan fingerprint density at radius 2 is 2.24 bits per heavy atom. The third-order valence-electron chi connectivity index (χ3n) is 3.31. The molecule has 1 fully saturated rings. The smallest absolute Gasteiger partial charge is 0.321 e. The van der Waals surface area contributed by atoms with Crippen LogP contribution in [-0.2, 0) is 14.8 Å². The molecule has 1 unspecified atom stereocenters. The molecule has 0 aromatic carbocycles. The van der Waals surface area contributed by atoms with Gasteiger partial charge in [-0.2, -0.15) is 4.72 Å². The molecule has 1 aliphatic rings. The van der Waals surface area contributed by atoms with Crippen molar-refractivity contribution >= 4 is 27.1 Å². The number of rotatable bonds is 5. The van der Waals surface area contributed by atoms with Crippen molar-refractivity contribution in [3.8, 4) is 0 Å². The highest BCUT2D eigenvalue weighted by Crippen LogP contribution is 2.42. The van der Waals surface area contributed by atoms with Gasteiger partial charge >= 0.3 is 5.97 Å². The number of nitrogens with zero attached hydrogens (tertiary/aromatic N) is 2. The van der Waals surface area contributed by atoms with Crippen LogP contribution in [0.25, 0.3) is 11.1 Å². The number of hydrogen-bond acceptors (Lipinski definition) is 6. The van der Waals surface area contributed by atoms with E-state index in [1.807, 2.05) is 0 Å². The van der Waals surface area contributed by atoms with Gasteiger partial charge in [-0.1, -0.05) is 5.16 Å². The summed E-state index contributed by atoms with van der Waals surface area (Å²) in [6.07, 6.45) is 3.11. The summed E-state index contributed by atoms with van der Waals surface area (Å²) in [7, 11) is -3.96. The third-order valence-corrected chi connectivity index (χ3v) is 4.82. The SMILES string of the molecule is CC(NS(=O)(=O)c1cnc2onc(C3CC3)c2c1)C(=O)O. The molecule has 0 radical (unpaired) electrons. The predicted molar refractivity (Wildman–Crippen MR) is 71.2 cm³/mol. The Morgan fingerprint density at radius 3 is 2.86 bits per heavy atom. The van der Waals surface area contributed by atoms with E-state index >= 15 is 0 Å². The van der Waals surface area contributed by atoms with E-state index in [1.54, 1.807) is 0 Å². The number of fused-ring (bicyclic) bond motifs is 1. The highest BCUT2D eigenvalue weighted by molar-refractivity contribution is 7.89. The molecule has 3 rings (SSSR count). The molecule has 0 amide bonds. The van der Waals surface area contributed by atoms with E-state index in [9.17, 15) is 13.2 Å². The Balaban J connectivity index is 1.99. The van der Waals surface area contributed by atoms with Crippen LogP contribution in [0.3, 0.4) is 0 Å². The maximum atomic E-state index is 12.1. The fourth-order valence-electron chi connectivity index (χ4n) is 1.98. The minimum absolute atomic E-state index is 0.104. The minimum atomic E-state index is -3.96. The van der Waals surface area contributed by atoms with Gasteiger partial charge in [0.25, 0.3) is 5.71 Å². The van der Waals surface area contributed by atoms with Crippen molar-refractivity contribution < 1.29 is 22.8 Å². The predicted octanol–water partition coefficient (Wildman–Crippen LogP) is 0.852. The lowest BCUT2D eigenvalue weighted by atomic mass is 10.2. The number of aliphatic carboxylic acids is 1. The molecule has 2 N–H and O–H groups in total. The Hall–Kier alpha value is -2.00. The van der Waals surface area contributed by atoms with Crippen LogP contribution in [0.15, 0.2) is 21.7 Å². The van der Waals surface area contributed by atoms with Gasteiger partial charge in [0.2, 0.25) is 10.0 Å². The third kappa shape index (κ3) is 2.61. The number of aromatic nitrogens is 2. The van der Waals surface area contributed by atoms with Crippen molar-refractivity contribution in [2.45, 2.75) is 36.6 Å². The van der Waals surface area contributed by atoms with Crippen LogP contribution < -0.4 is 4.72 Å². The van der Waals surface area contributed by atoms with Gasteiger partial charge in [-0.3, -0.25) is 4.79 Å². The van der Waals surface area contributed by atoms with Crippen LogP contribution in [0, 0.1) is 0 Å². The highest BCUT2D eigenvalue weighted by Gasteiger charge is 2.30. The molecular formula is C12H13N3O5S. The first-order valence-corrected chi connectivity index (χ1v) is 7.87. The molecule has 2 heterocycles. The largest absolute Gasteiger partial charge is 0.480 e. The van der Waals surface area contributed by atoms with Crippen molar-refractivity contribution in [2.24, 2.45) is 0 Å². The fraction of sp³-hybridized carbons (Fsp3) is 0.417. The molecule has 1 atom stereocenters. The Labute approximate surface area is 120 Å². The van der Waals surface area contributed by atoms with Crippen LogP contribution in [0.2, 0.25) is 0 Å². The summed E-state index contributed by atoms with van der Waals surface area (Å²) in [6.45, 7) is 1.25. The van der Waals surface area contributed by atoms with Gasteiger partial charge in [-0.15, -0.1) is 0 Å². The molecule has 2 aromatic rings. The Bertz CT molecular complexity index is 809. The molecule has 1 saturated carbocycles. The van der Waals surface area contributed by atoms with Gasteiger partial charge in [-0.05, 0) is 25.8 Å². The lowest BCUT2D eigenvalue weighted by Crippen LogP contribution is -2.38. The summed E-state index contributed by atoms with van der Waals surface area (Å²) < 4.78 is 31.4. The van der Waals surface area contributed by atoms with E-state index < -0.39 is 22.0 Å². The molecule has 1 aliphatic carbocycles. The molecule has 0 bridgehead atoms. The lowest BCUT2D eigenvalue weighted by molar-refractivity contribution is -0.138. The fourth-order valence-corrected chi connectivity index (χ4v) is 3.15. The van der Waals surface area contributed by atoms with E-state index in [0.717, 1.165) is 19.0 Å². The maximum Gasteiger partial charge on any atom is 0.321 e. The van der Waals surface area contributed by atoms with Gasteiger partial charge in [0.05, 0.1) is 17.3 Å². The highest BCUT2D eigenvalue weighted by atomic mass is 32.2. The Morgan fingerprint density at radius 1 is 1.52 bits per heavy atom. The molecule has 8 nitrogen and oxygen atoms in total. The molecule has 9 heteroatoms. The van der Waals surface area contributed by atoms with Gasteiger partial charge in [-0.25, -0.2) is 13.4 Å². The van der Waals surface area contributed by atoms with E-state index in [1.165, 1.54) is 13.0 Å². The minimum Gasteiger partial charge on any atom is -0.480 e. The van der Waals surface area contributed by atoms with Crippen LogP contribution >= 0.6 is 0 Å². The number of nitrogens with one attached hydrogen (secondary N) is 1. The number of hydrogen-bond donors (Lipinski definition) is 2. The summed E-state index contributed by atoms with van der Waals surface area (Å²) in [5.41, 5.74) is 0.989. The topological polar surface area (TPSA) is 122 Å². The molecule has 112 valence electrons. The first kappa shape index (κ1) is 14.0. The van der Waals surface area contributed by atoms with Crippen LogP contribution in [-0.4, -0.2) is 35.7 Å². The average molecular weight is 311 g/mol. The van der Waals surface area contributed by atoms with Gasteiger partial charge < -0.3 is 9.63 Å². The number of carboxylic acid groups (broad SMARTS) is 1. The number of carboxylic acids is 1. The van der Waals surface area contributed by atoms with Crippen LogP contribution in [0.5, 0.6) is 0 Å². The lowest BCUT2D eigenvalue weighted by Gasteiger charge is -2.09. The quantitative estimate of drug-likeness (QED) is 0.839.